The van der Waals surface area contributed by atoms with Gasteiger partial charge in [-0.2, -0.15) is 0 Å². The highest BCUT2D eigenvalue weighted by Gasteiger charge is 2.29. The quantitative estimate of drug-likeness (QED) is 0.745. The van der Waals surface area contributed by atoms with Gasteiger partial charge < -0.3 is 15.3 Å². The van der Waals surface area contributed by atoms with E-state index < -0.39 is 0 Å². The van der Waals surface area contributed by atoms with E-state index in [1.54, 1.807) is 0 Å². The van der Waals surface area contributed by atoms with Crippen LogP contribution in [0.1, 0.15) is 38.5 Å². The fourth-order valence-corrected chi connectivity index (χ4v) is 2.78. The Morgan fingerprint density at radius 3 is 2.65 bits per heavy atom. The van der Waals surface area contributed by atoms with Gasteiger partial charge in [-0.15, -0.1) is 0 Å². The molecular weight excluding hydrogens is 216 g/mol. The Balaban J connectivity index is 1.81. The van der Waals surface area contributed by atoms with E-state index in [4.69, 9.17) is 5.11 Å². The molecule has 98 valence electrons. The average molecular weight is 240 g/mol. The van der Waals surface area contributed by atoms with Crippen molar-refractivity contribution >= 4 is 5.91 Å². The van der Waals surface area contributed by atoms with Gasteiger partial charge in [0.2, 0.25) is 5.91 Å². The third-order valence-corrected chi connectivity index (χ3v) is 4.04. The Morgan fingerprint density at radius 1 is 1.29 bits per heavy atom. The SMILES string of the molecule is O=C(CC1CCCNC1)N(CCO)C1CCC1. The molecule has 2 rings (SSSR count). The monoisotopic (exact) mass is 240 g/mol. The summed E-state index contributed by atoms with van der Waals surface area (Å²) in [6, 6.07) is 0.409. The summed E-state index contributed by atoms with van der Waals surface area (Å²) in [4.78, 5) is 14.1. The number of hydrogen-bond donors (Lipinski definition) is 2. The van der Waals surface area contributed by atoms with E-state index in [9.17, 15) is 4.79 Å². The van der Waals surface area contributed by atoms with Crippen LogP contribution in [0.4, 0.5) is 0 Å². The van der Waals surface area contributed by atoms with Crippen LogP contribution in [0.25, 0.3) is 0 Å². The van der Waals surface area contributed by atoms with Crippen LogP contribution in [0.5, 0.6) is 0 Å². The van der Waals surface area contributed by atoms with Crippen molar-refractivity contribution in [2.75, 3.05) is 26.2 Å². The van der Waals surface area contributed by atoms with Crippen molar-refractivity contribution in [3.63, 3.8) is 0 Å². The molecule has 4 heteroatoms. The molecule has 1 aliphatic carbocycles. The van der Waals surface area contributed by atoms with Crippen molar-refractivity contribution in [3.05, 3.63) is 0 Å². The molecular formula is C13H24N2O2. The zero-order valence-electron chi connectivity index (χ0n) is 10.5. The Morgan fingerprint density at radius 2 is 2.12 bits per heavy atom. The fraction of sp³-hybridized carbons (Fsp3) is 0.923. The van der Waals surface area contributed by atoms with Crippen LogP contribution in [-0.2, 0) is 4.79 Å². The highest BCUT2D eigenvalue weighted by Crippen LogP contribution is 2.26. The lowest BCUT2D eigenvalue weighted by molar-refractivity contribution is -0.137. The molecule has 2 aliphatic rings. The number of rotatable bonds is 5. The summed E-state index contributed by atoms with van der Waals surface area (Å²) in [6.45, 7) is 2.67. The zero-order valence-corrected chi connectivity index (χ0v) is 10.5. The standard InChI is InChI=1S/C13H24N2O2/c16-8-7-15(12-4-1-5-12)13(17)9-11-3-2-6-14-10-11/h11-12,14,16H,1-10H2. The lowest BCUT2D eigenvalue weighted by atomic mass is 9.90. The minimum atomic E-state index is 0.0884. The van der Waals surface area contributed by atoms with E-state index in [2.05, 4.69) is 5.32 Å². The van der Waals surface area contributed by atoms with Crippen molar-refractivity contribution in [2.45, 2.75) is 44.6 Å². The second kappa shape index (κ2) is 6.36. The molecule has 1 saturated heterocycles. The molecule has 0 aromatic rings. The summed E-state index contributed by atoms with van der Waals surface area (Å²) in [5.41, 5.74) is 0. The predicted molar refractivity (Wildman–Crippen MR) is 66.6 cm³/mol. The average Bonchev–Trinajstić information content (AvgIpc) is 2.27. The van der Waals surface area contributed by atoms with Crippen molar-refractivity contribution < 1.29 is 9.90 Å². The van der Waals surface area contributed by atoms with Gasteiger partial charge in [0.05, 0.1) is 6.61 Å². The van der Waals surface area contributed by atoms with Crippen LogP contribution in [-0.4, -0.2) is 48.2 Å². The number of aliphatic hydroxyl groups excluding tert-OH is 1. The second-order valence-corrected chi connectivity index (χ2v) is 5.31. The van der Waals surface area contributed by atoms with E-state index in [0.717, 1.165) is 32.4 Å². The highest BCUT2D eigenvalue weighted by atomic mass is 16.3. The van der Waals surface area contributed by atoms with Crippen molar-refractivity contribution in [3.8, 4) is 0 Å². The summed E-state index contributed by atoms with van der Waals surface area (Å²) in [5, 5.41) is 12.4. The molecule has 0 aromatic heterocycles. The van der Waals surface area contributed by atoms with Crippen LogP contribution in [0.3, 0.4) is 0 Å². The number of carbonyl (C=O) groups is 1. The lowest BCUT2D eigenvalue weighted by Crippen LogP contribution is -2.46. The molecule has 4 nitrogen and oxygen atoms in total. The molecule has 0 spiro atoms. The van der Waals surface area contributed by atoms with E-state index >= 15 is 0 Å². The van der Waals surface area contributed by atoms with Crippen LogP contribution in [0.15, 0.2) is 0 Å². The largest absolute Gasteiger partial charge is 0.395 e. The molecule has 0 radical (unpaired) electrons. The first-order chi connectivity index (χ1) is 8.31. The predicted octanol–water partition coefficient (Wildman–Crippen LogP) is 0.749. The Hall–Kier alpha value is -0.610. The molecule has 0 aromatic carbocycles. The molecule has 17 heavy (non-hydrogen) atoms. The van der Waals surface area contributed by atoms with E-state index in [1.165, 1.54) is 12.8 Å². The normalized spacial score (nSPS) is 25.4. The molecule has 1 amide bonds. The summed E-state index contributed by atoms with van der Waals surface area (Å²) >= 11 is 0. The highest BCUT2D eigenvalue weighted by molar-refractivity contribution is 5.77. The lowest BCUT2D eigenvalue weighted by Gasteiger charge is -2.38. The molecule has 1 saturated carbocycles. The number of amides is 1. The molecule has 1 aliphatic heterocycles. The Kier molecular flexibility index (Phi) is 4.80. The van der Waals surface area contributed by atoms with Gasteiger partial charge in [-0.1, -0.05) is 0 Å². The number of hydrogen-bond acceptors (Lipinski definition) is 3. The maximum Gasteiger partial charge on any atom is 0.223 e. The smallest absolute Gasteiger partial charge is 0.223 e. The van der Waals surface area contributed by atoms with Gasteiger partial charge in [0.15, 0.2) is 0 Å². The fourth-order valence-electron chi connectivity index (χ4n) is 2.78. The van der Waals surface area contributed by atoms with Gasteiger partial charge in [-0.3, -0.25) is 4.79 Å². The van der Waals surface area contributed by atoms with Crippen molar-refractivity contribution in [1.82, 2.24) is 10.2 Å². The van der Waals surface area contributed by atoms with Gasteiger partial charge in [0.25, 0.3) is 0 Å². The molecule has 1 atom stereocenters. The number of carbonyl (C=O) groups excluding carboxylic acids is 1. The first kappa shape index (κ1) is 12.8. The van der Waals surface area contributed by atoms with Gasteiger partial charge >= 0.3 is 0 Å². The minimum Gasteiger partial charge on any atom is -0.395 e. The summed E-state index contributed by atoms with van der Waals surface area (Å²) < 4.78 is 0. The van der Waals surface area contributed by atoms with Crippen LogP contribution >= 0.6 is 0 Å². The van der Waals surface area contributed by atoms with Crippen LogP contribution < -0.4 is 5.32 Å². The van der Waals surface area contributed by atoms with E-state index in [-0.39, 0.29) is 12.5 Å². The minimum absolute atomic E-state index is 0.0884. The number of nitrogens with one attached hydrogen (secondary N) is 1. The molecule has 1 heterocycles. The van der Waals surface area contributed by atoms with Crippen LogP contribution in [0.2, 0.25) is 0 Å². The van der Waals surface area contributed by atoms with E-state index in [1.807, 2.05) is 4.90 Å². The molecule has 1 unspecified atom stereocenters. The van der Waals surface area contributed by atoms with Gasteiger partial charge in [0.1, 0.15) is 0 Å². The molecule has 2 N–H and O–H groups in total. The summed E-state index contributed by atoms with van der Waals surface area (Å²) in [5.74, 6) is 0.745. The van der Waals surface area contributed by atoms with Gasteiger partial charge in [-0.05, 0) is 51.1 Å². The first-order valence-corrected chi connectivity index (χ1v) is 6.92. The number of nitrogens with zero attached hydrogens (tertiary/aromatic N) is 1. The Bertz CT molecular complexity index is 248. The third kappa shape index (κ3) is 3.42. The molecule has 2 fully saturated rings. The molecule has 0 bridgehead atoms. The summed E-state index contributed by atoms with van der Waals surface area (Å²) in [6.07, 6.45) is 6.47. The summed E-state index contributed by atoms with van der Waals surface area (Å²) in [7, 11) is 0. The second-order valence-electron chi connectivity index (χ2n) is 5.31. The maximum absolute atomic E-state index is 12.2. The third-order valence-electron chi connectivity index (χ3n) is 4.04. The number of piperidine rings is 1. The number of aliphatic hydroxyl groups is 1. The maximum atomic E-state index is 12.2. The van der Waals surface area contributed by atoms with E-state index in [0.29, 0.717) is 24.9 Å². The van der Waals surface area contributed by atoms with Gasteiger partial charge in [0, 0.05) is 19.0 Å². The van der Waals surface area contributed by atoms with Crippen LogP contribution in [0, 0.1) is 5.92 Å². The van der Waals surface area contributed by atoms with Crippen molar-refractivity contribution in [2.24, 2.45) is 5.92 Å². The zero-order chi connectivity index (χ0) is 12.1. The Labute approximate surface area is 103 Å². The first-order valence-electron chi connectivity index (χ1n) is 6.92. The van der Waals surface area contributed by atoms with Gasteiger partial charge in [-0.25, -0.2) is 0 Å². The topological polar surface area (TPSA) is 52.6 Å². The van der Waals surface area contributed by atoms with Crippen molar-refractivity contribution in [1.29, 1.82) is 0 Å².